The van der Waals surface area contributed by atoms with Crippen molar-refractivity contribution >= 4 is 0 Å². The van der Waals surface area contributed by atoms with E-state index in [1.165, 1.54) is 7.11 Å². The highest BCUT2D eigenvalue weighted by molar-refractivity contribution is 3.33. The Kier molecular flexibility index (Phi) is 4.31. The van der Waals surface area contributed by atoms with Crippen molar-refractivity contribution < 1.29 is 25.3 Å². The zero-order valence-electron chi connectivity index (χ0n) is 2.60. The summed E-state index contributed by atoms with van der Waals surface area (Å²) in [4.78, 5) is 3.82. The van der Waals surface area contributed by atoms with Gasteiger partial charge in [0.1, 0.15) is 0 Å². The smallest absolute Gasteiger partial charge is 0.365 e. The van der Waals surface area contributed by atoms with Crippen LogP contribution in [0.4, 0.5) is 0 Å². The average Bonchev–Trinajstić information content (AvgIpc) is 1.41. The molecular formula is CH3ClO3. The molecule has 0 aromatic heterocycles. The van der Waals surface area contributed by atoms with Crippen molar-refractivity contribution in [3.63, 3.8) is 0 Å². The van der Waals surface area contributed by atoms with Gasteiger partial charge >= 0.3 is 11.3 Å². The van der Waals surface area contributed by atoms with Crippen LogP contribution in [0.25, 0.3) is 0 Å². The fraction of sp³-hybridized carbons (Fsp3) is 1.00. The van der Waals surface area contributed by atoms with Crippen LogP contribution in [0, 0.1) is 11.3 Å². The topological polar surface area (TPSA) is 41.5 Å². The maximum absolute atomic E-state index is 9.04. The second-order valence-electron chi connectivity index (χ2n) is 0.293. The van der Waals surface area contributed by atoms with Crippen molar-refractivity contribution in [2.75, 3.05) is 7.11 Å². The molecule has 4 heteroatoms. The molecule has 0 heterocycles. The number of halogens is 1. The predicted molar refractivity (Wildman–Crippen MR) is 8.09 cm³/mol. The van der Waals surface area contributed by atoms with Gasteiger partial charge in [0.15, 0.2) is 0 Å². The molecule has 5 heavy (non-hydrogen) atoms. The monoisotopic (exact) mass is 98.0 g/mol. The van der Waals surface area contributed by atoms with Crippen LogP contribution in [0.15, 0.2) is 0 Å². The molecule has 0 fully saturated rings. The summed E-state index contributed by atoms with van der Waals surface area (Å²) in [7, 11) is 1.25. The van der Waals surface area contributed by atoms with E-state index in [1.54, 1.807) is 0 Å². The van der Waals surface area contributed by atoms with Gasteiger partial charge in [0, 0.05) is 0 Å². The Hall–Kier alpha value is 0.170. The fourth-order valence-corrected chi connectivity index (χ4v) is 0.0772. The van der Waals surface area contributed by atoms with Crippen LogP contribution in [0.2, 0.25) is 0 Å². The standard InChI is InChI=1S/CH3ClO3/c1-4-5-2-3/h1H3. The average molecular weight is 98.5 g/mol. The summed E-state index contributed by atoms with van der Waals surface area (Å²) in [5, 5.41) is 0. The maximum atomic E-state index is 9.04. The van der Waals surface area contributed by atoms with Crippen LogP contribution in [-0.4, -0.2) is 7.11 Å². The van der Waals surface area contributed by atoms with E-state index in [0.717, 1.165) is 0 Å². The molecule has 0 unspecified atom stereocenters. The Bertz CT molecular complexity index is 14.4. The Morgan fingerprint density at radius 2 is 2.40 bits per heavy atom. The lowest BCUT2D eigenvalue weighted by Crippen LogP contribution is -2.02. The van der Waals surface area contributed by atoms with Crippen LogP contribution in [0.1, 0.15) is 0 Å². The lowest BCUT2D eigenvalue weighted by atomic mass is 11.8. The largest absolute Gasteiger partial charge is 0.504 e. The van der Waals surface area contributed by atoms with Crippen molar-refractivity contribution in [3.8, 4) is 0 Å². The molecule has 0 atom stereocenters. The Morgan fingerprint density at radius 3 is 2.40 bits per heavy atom. The molecule has 0 aliphatic carbocycles. The summed E-state index contributed by atoms with van der Waals surface area (Å²) in [6.07, 6.45) is 0. The van der Waals surface area contributed by atoms with Crippen LogP contribution in [0.3, 0.4) is 0 Å². The van der Waals surface area contributed by atoms with Crippen molar-refractivity contribution in [3.05, 3.63) is 0 Å². The third-order valence-corrected chi connectivity index (χ3v) is 0.266. The van der Waals surface area contributed by atoms with Gasteiger partial charge in [0.05, 0.1) is 11.5 Å². The van der Waals surface area contributed by atoms with Gasteiger partial charge in [-0.2, -0.15) is 4.89 Å². The molecule has 0 spiro atoms. The summed E-state index contributed by atoms with van der Waals surface area (Å²) in [6, 6.07) is 0. The van der Waals surface area contributed by atoms with Crippen LogP contribution in [-0.2, 0) is 9.33 Å². The molecule has 0 radical (unpaired) electrons. The van der Waals surface area contributed by atoms with E-state index in [9.17, 15) is 0 Å². The van der Waals surface area contributed by atoms with Crippen molar-refractivity contribution in [1.82, 2.24) is 0 Å². The van der Waals surface area contributed by atoms with Gasteiger partial charge in [-0.25, -0.2) is 0 Å². The van der Waals surface area contributed by atoms with E-state index in [0.29, 0.717) is 11.3 Å². The van der Waals surface area contributed by atoms with E-state index in [4.69, 9.17) is 4.66 Å². The molecule has 3 nitrogen and oxygen atoms in total. The van der Waals surface area contributed by atoms with Gasteiger partial charge in [-0.1, -0.05) is 0 Å². The van der Waals surface area contributed by atoms with Crippen LogP contribution < -0.4 is 4.66 Å². The molecule has 0 aromatic rings. The Labute approximate surface area is 33.5 Å². The van der Waals surface area contributed by atoms with Gasteiger partial charge in [-0.3, -0.25) is 0 Å². The zero-order chi connectivity index (χ0) is 4.12. The maximum Gasteiger partial charge on any atom is 0.365 e. The minimum Gasteiger partial charge on any atom is -0.504 e. The summed E-state index contributed by atoms with van der Waals surface area (Å²) in [5.41, 5.74) is 0. The first-order valence-corrected chi connectivity index (χ1v) is 1.50. The van der Waals surface area contributed by atoms with Crippen LogP contribution in [0.5, 0.6) is 0 Å². The normalized spacial score (nSPS) is 8.40. The van der Waals surface area contributed by atoms with Gasteiger partial charge in [-0.15, -0.1) is 0 Å². The van der Waals surface area contributed by atoms with Crippen LogP contribution >= 0.6 is 0 Å². The highest BCUT2D eigenvalue weighted by Gasteiger charge is 1.80. The minimum absolute atomic E-state index is 0.301. The summed E-state index contributed by atoms with van der Waals surface area (Å²) >= 11 is 0.301. The molecule has 0 saturated heterocycles. The fourth-order valence-electron chi connectivity index (χ4n) is 0.0257. The molecule has 0 aliphatic rings. The molecule has 0 aromatic carbocycles. The quantitative estimate of drug-likeness (QED) is 0.323. The van der Waals surface area contributed by atoms with Crippen molar-refractivity contribution in [2.45, 2.75) is 0 Å². The van der Waals surface area contributed by atoms with Crippen molar-refractivity contribution in [2.24, 2.45) is 0 Å². The first-order valence-electron chi connectivity index (χ1n) is 0.884. The van der Waals surface area contributed by atoms with Gasteiger partial charge in [-0.05, 0) is 0 Å². The summed E-state index contributed by atoms with van der Waals surface area (Å²) in [5.74, 6) is 0. The summed E-state index contributed by atoms with van der Waals surface area (Å²) in [6.45, 7) is 0. The van der Waals surface area contributed by atoms with E-state index in [2.05, 4.69) is 9.33 Å². The van der Waals surface area contributed by atoms with Gasteiger partial charge in [0.25, 0.3) is 0 Å². The number of rotatable bonds is 2. The molecule has 32 valence electrons. The molecular weight excluding hydrogens is 95.5 g/mol. The minimum atomic E-state index is 0.301. The number of hydrogen-bond donors (Lipinski definition) is 0. The second-order valence-corrected chi connectivity index (χ2v) is 0.545. The lowest BCUT2D eigenvalue weighted by molar-refractivity contribution is -1.29. The van der Waals surface area contributed by atoms with E-state index >= 15 is 0 Å². The summed E-state index contributed by atoms with van der Waals surface area (Å²) < 4.78 is 12.7. The third-order valence-electron chi connectivity index (χ3n) is 0.0887. The molecule has 0 saturated carbocycles. The molecule has 0 rings (SSSR count). The molecule has 0 N–H and O–H groups in total. The first kappa shape index (κ1) is 5.17. The molecule has 0 amide bonds. The Balaban J connectivity index is 2.19. The lowest BCUT2D eigenvalue weighted by Gasteiger charge is -1.72. The molecule has 0 bridgehead atoms. The molecule has 0 aliphatic heterocycles. The third kappa shape index (κ3) is 4.17. The zero-order valence-corrected chi connectivity index (χ0v) is 3.36. The van der Waals surface area contributed by atoms with E-state index in [-0.39, 0.29) is 0 Å². The predicted octanol–water partition coefficient (Wildman–Crippen LogP) is -1.16. The SMILES string of the molecule is COO[Cl+][O-]. The number of hydrogen-bond acceptors (Lipinski definition) is 3. The highest BCUT2D eigenvalue weighted by Crippen LogP contribution is 1.61. The highest BCUT2D eigenvalue weighted by atomic mass is 35.6. The first-order chi connectivity index (χ1) is 2.41. The second kappa shape index (κ2) is 4.17. The van der Waals surface area contributed by atoms with E-state index in [1.807, 2.05) is 0 Å². The van der Waals surface area contributed by atoms with E-state index < -0.39 is 0 Å². The van der Waals surface area contributed by atoms with Gasteiger partial charge in [0.2, 0.25) is 0 Å². The Morgan fingerprint density at radius 1 is 1.80 bits per heavy atom. The van der Waals surface area contributed by atoms with Gasteiger partial charge < -0.3 is 4.66 Å². The van der Waals surface area contributed by atoms with Crippen molar-refractivity contribution in [1.29, 1.82) is 0 Å².